The molecule has 0 saturated carbocycles. The van der Waals surface area contributed by atoms with E-state index in [1.54, 1.807) is 0 Å². The molecule has 0 spiro atoms. The Morgan fingerprint density at radius 1 is 1.12 bits per heavy atom. The SMILES string of the molecule is C=C/C(C)=C(\C=C)Nc1ccccc1C.CC. The summed E-state index contributed by atoms with van der Waals surface area (Å²) in [6.07, 6.45) is 3.63. The maximum Gasteiger partial charge on any atom is 0.0413 e. The highest BCUT2D eigenvalue weighted by molar-refractivity contribution is 5.57. The summed E-state index contributed by atoms with van der Waals surface area (Å²) in [5.74, 6) is 0. The molecule has 1 rings (SSSR count). The van der Waals surface area contributed by atoms with E-state index in [1.165, 1.54) is 5.56 Å². The van der Waals surface area contributed by atoms with Crippen molar-refractivity contribution in [1.29, 1.82) is 0 Å². The summed E-state index contributed by atoms with van der Waals surface area (Å²) in [6, 6.07) is 8.17. The highest BCUT2D eigenvalue weighted by Gasteiger charge is 1.99. The molecule has 17 heavy (non-hydrogen) atoms. The molecule has 0 fully saturated rings. The third kappa shape index (κ3) is 4.73. The minimum atomic E-state index is 0.999. The van der Waals surface area contributed by atoms with Crippen LogP contribution in [0.1, 0.15) is 26.3 Å². The quantitative estimate of drug-likeness (QED) is 0.710. The zero-order chi connectivity index (χ0) is 13.3. The van der Waals surface area contributed by atoms with E-state index in [-0.39, 0.29) is 0 Å². The Hall–Kier alpha value is -1.76. The van der Waals surface area contributed by atoms with Gasteiger partial charge in [-0.3, -0.25) is 0 Å². The Morgan fingerprint density at radius 3 is 2.18 bits per heavy atom. The Kier molecular flexibility index (Phi) is 7.53. The highest BCUT2D eigenvalue weighted by Crippen LogP contribution is 2.17. The molecule has 1 aromatic rings. The van der Waals surface area contributed by atoms with Gasteiger partial charge in [-0.1, -0.05) is 51.3 Å². The van der Waals surface area contributed by atoms with Crippen LogP contribution in [0.15, 0.2) is 60.8 Å². The van der Waals surface area contributed by atoms with Gasteiger partial charge in [0.2, 0.25) is 0 Å². The van der Waals surface area contributed by atoms with Gasteiger partial charge >= 0.3 is 0 Å². The average Bonchev–Trinajstić information content (AvgIpc) is 2.39. The zero-order valence-corrected chi connectivity index (χ0v) is 11.4. The van der Waals surface area contributed by atoms with Crippen molar-refractivity contribution in [2.24, 2.45) is 0 Å². The van der Waals surface area contributed by atoms with Gasteiger partial charge in [0.25, 0.3) is 0 Å². The van der Waals surface area contributed by atoms with E-state index in [4.69, 9.17) is 0 Å². The number of hydrogen-bond acceptors (Lipinski definition) is 1. The zero-order valence-electron chi connectivity index (χ0n) is 11.4. The van der Waals surface area contributed by atoms with Crippen molar-refractivity contribution >= 4 is 5.69 Å². The maximum absolute atomic E-state index is 3.79. The van der Waals surface area contributed by atoms with Gasteiger partial charge in [-0.15, -0.1) is 0 Å². The minimum Gasteiger partial charge on any atom is -0.355 e. The average molecular weight is 229 g/mol. The van der Waals surface area contributed by atoms with E-state index in [1.807, 2.05) is 45.1 Å². The van der Waals surface area contributed by atoms with Crippen molar-refractivity contribution in [3.05, 3.63) is 66.4 Å². The van der Waals surface area contributed by atoms with E-state index in [9.17, 15) is 0 Å². The lowest BCUT2D eigenvalue weighted by atomic mass is 10.1. The predicted octanol–water partition coefficient (Wildman–Crippen LogP) is 5.08. The Labute approximate surface area is 106 Å². The minimum absolute atomic E-state index is 0.999. The fraction of sp³-hybridized carbons (Fsp3) is 0.250. The molecule has 1 nitrogen and oxygen atoms in total. The van der Waals surface area contributed by atoms with E-state index >= 15 is 0 Å². The van der Waals surface area contributed by atoms with Crippen molar-refractivity contribution in [1.82, 2.24) is 0 Å². The first-order chi connectivity index (χ1) is 8.19. The molecule has 0 saturated heterocycles. The van der Waals surface area contributed by atoms with Gasteiger partial charge < -0.3 is 5.32 Å². The highest BCUT2D eigenvalue weighted by atomic mass is 14.9. The third-order valence-electron chi connectivity index (χ3n) is 2.35. The molecule has 0 amide bonds. The van der Waals surface area contributed by atoms with Crippen molar-refractivity contribution in [2.45, 2.75) is 27.7 Å². The molecular weight excluding hydrogens is 206 g/mol. The van der Waals surface area contributed by atoms with Gasteiger partial charge in [-0.2, -0.15) is 0 Å². The molecule has 92 valence electrons. The van der Waals surface area contributed by atoms with Crippen LogP contribution in [0.4, 0.5) is 5.69 Å². The molecule has 0 aliphatic carbocycles. The summed E-state index contributed by atoms with van der Waals surface area (Å²) in [7, 11) is 0. The number of rotatable bonds is 4. The molecule has 0 bridgehead atoms. The van der Waals surface area contributed by atoms with Gasteiger partial charge in [-0.05, 0) is 37.1 Å². The molecule has 0 aliphatic rings. The van der Waals surface area contributed by atoms with Crippen LogP contribution in [-0.4, -0.2) is 0 Å². The molecule has 0 atom stereocenters. The third-order valence-corrected chi connectivity index (χ3v) is 2.35. The molecule has 0 aliphatic heterocycles. The van der Waals surface area contributed by atoms with Crippen LogP contribution < -0.4 is 5.32 Å². The summed E-state index contributed by atoms with van der Waals surface area (Å²) < 4.78 is 0. The number of nitrogens with one attached hydrogen (secondary N) is 1. The Morgan fingerprint density at radius 2 is 1.71 bits per heavy atom. The van der Waals surface area contributed by atoms with Crippen LogP contribution in [0, 0.1) is 6.92 Å². The summed E-state index contributed by atoms with van der Waals surface area (Å²) in [5, 5.41) is 3.34. The standard InChI is InChI=1S/C14H17N.C2H6/c1-5-11(3)13(6-2)15-14-10-8-7-9-12(14)4;1-2/h5-10,15H,1-2H2,3-4H3;1-2H3/b13-11+;. The molecule has 0 aromatic heterocycles. The fourth-order valence-electron chi connectivity index (χ4n) is 1.28. The van der Waals surface area contributed by atoms with E-state index in [2.05, 4.69) is 37.5 Å². The number of para-hydroxylation sites is 1. The summed E-state index contributed by atoms with van der Waals surface area (Å²) in [5.41, 5.74) is 4.41. The van der Waals surface area contributed by atoms with E-state index in [0.717, 1.165) is 17.0 Å². The lowest BCUT2D eigenvalue weighted by molar-refractivity contribution is 1.34. The molecule has 0 heterocycles. The van der Waals surface area contributed by atoms with Crippen LogP contribution in [0.2, 0.25) is 0 Å². The summed E-state index contributed by atoms with van der Waals surface area (Å²) in [6.45, 7) is 15.6. The largest absolute Gasteiger partial charge is 0.355 e. The van der Waals surface area contributed by atoms with Crippen LogP contribution in [0.3, 0.4) is 0 Å². The number of hydrogen-bond donors (Lipinski definition) is 1. The molecule has 0 radical (unpaired) electrons. The van der Waals surface area contributed by atoms with Crippen LogP contribution in [0.5, 0.6) is 0 Å². The molecule has 0 unspecified atom stereocenters. The van der Waals surface area contributed by atoms with Gasteiger partial charge in [0, 0.05) is 11.4 Å². The van der Waals surface area contributed by atoms with Crippen molar-refractivity contribution in [2.75, 3.05) is 5.32 Å². The lowest BCUT2D eigenvalue weighted by Gasteiger charge is -2.11. The van der Waals surface area contributed by atoms with Crippen molar-refractivity contribution < 1.29 is 0 Å². The topological polar surface area (TPSA) is 12.0 Å². The van der Waals surface area contributed by atoms with Gasteiger partial charge in [0.1, 0.15) is 0 Å². The molecular formula is C16H23N. The summed E-state index contributed by atoms with van der Waals surface area (Å²) >= 11 is 0. The van der Waals surface area contributed by atoms with Gasteiger partial charge in [0.15, 0.2) is 0 Å². The lowest BCUT2D eigenvalue weighted by Crippen LogP contribution is -2.00. The number of anilines is 1. The molecule has 1 heteroatoms. The smallest absolute Gasteiger partial charge is 0.0413 e. The van der Waals surface area contributed by atoms with Gasteiger partial charge in [-0.25, -0.2) is 0 Å². The number of allylic oxidation sites excluding steroid dienone is 3. The Balaban J connectivity index is 0.00000121. The Bertz CT molecular complexity index is 400. The van der Waals surface area contributed by atoms with Crippen LogP contribution >= 0.6 is 0 Å². The van der Waals surface area contributed by atoms with E-state index < -0.39 is 0 Å². The predicted molar refractivity (Wildman–Crippen MR) is 79.2 cm³/mol. The first-order valence-corrected chi connectivity index (χ1v) is 5.97. The van der Waals surface area contributed by atoms with E-state index in [0.29, 0.717) is 0 Å². The molecule has 1 N–H and O–H groups in total. The number of aryl methyl sites for hydroxylation is 1. The second-order valence-electron chi connectivity index (χ2n) is 3.44. The second-order valence-corrected chi connectivity index (χ2v) is 3.44. The first kappa shape index (κ1) is 15.2. The van der Waals surface area contributed by atoms with Crippen molar-refractivity contribution in [3.8, 4) is 0 Å². The first-order valence-electron chi connectivity index (χ1n) is 5.97. The molecule has 1 aromatic carbocycles. The normalized spacial score (nSPS) is 10.6. The number of benzene rings is 1. The fourth-order valence-corrected chi connectivity index (χ4v) is 1.28. The van der Waals surface area contributed by atoms with Crippen LogP contribution in [0.25, 0.3) is 0 Å². The summed E-state index contributed by atoms with van der Waals surface area (Å²) in [4.78, 5) is 0. The van der Waals surface area contributed by atoms with Gasteiger partial charge in [0.05, 0.1) is 0 Å². The second kappa shape index (κ2) is 8.40. The maximum atomic E-state index is 3.79. The van der Waals surface area contributed by atoms with Crippen molar-refractivity contribution in [3.63, 3.8) is 0 Å². The monoisotopic (exact) mass is 229 g/mol. The van der Waals surface area contributed by atoms with Crippen LogP contribution in [-0.2, 0) is 0 Å².